The first-order valence-corrected chi connectivity index (χ1v) is 7.14. The molecule has 0 aliphatic carbocycles. The summed E-state index contributed by atoms with van der Waals surface area (Å²) in [6.07, 6.45) is 3.42. The molecule has 2 heterocycles. The van der Waals surface area contributed by atoms with Crippen LogP contribution in [0.3, 0.4) is 0 Å². The van der Waals surface area contributed by atoms with Crippen LogP contribution in [0.25, 0.3) is 0 Å². The Kier molecular flexibility index (Phi) is 4.52. The summed E-state index contributed by atoms with van der Waals surface area (Å²) < 4.78 is 0. The molecule has 4 N–H and O–H groups in total. The normalized spacial score (nSPS) is 11.9. The Hall–Kier alpha value is -2.15. The first kappa shape index (κ1) is 14.3. The Balaban J connectivity index is 2.08. The van der Waals surface area contributed by atoms with Crippen LogP contribution in [-0.4, -0.2) is 22.4 Å². The number of nitrogens with zero attached hydrogens (tertiary/aromatic N) is 2. The van der Waals surface area contributed by atoms with Gasteiger partial charge in [-0.1, -0.05) is 17.4 Å². The van der Waals surface area contributed by atoms with E-state index in [1.54, 1.807) is 12.4 Å². The number of hydrogen-bond donors (Lipinski definition) is 3. The van der Waals surface area contributed by atoms with Gasteiger partial charge in [0.1, 0.15) is 10.7 Å². The number of pyridine rings is 1. The standard InChI is InChI=1S/C13H17N5OS/c1-3-16-13-18-11(14)10(20-13)12(19)17-8(2)9-5-4-6-15-7-9/h4-8H,3,14H2,1-2H3,(H,16,18)(H,17,19). The van der Waals surface area contributed by atoms with Crippen molar-refractivity contribution in [3.05, 3.63) is 35.0 Å². The number of amides is 1. The molecular formula is C13H17N5OS. The van der Waals surface area contributed by atoms with Gasteiger partial charge in [-0.3, -0.25) is 9.78 Å². The smallest absolute Gasteiger partial charge is 0.265 e. The third-order valence-electron chi connectivity index (χ3n) is 2.72. The minimum atomic E-state index is -0.222. The number of thiazole rings is 1. The summed E-state index contributed by atoms with van der Waals surface area (Å²) in [6, 6.07) is 3.61. The molecule has 2 rings (SSSR count). The molecule has 0 aliphatic heterocycles. The van der Waals surface area contributed by atoms with Gasteiger partial charge in [0.25, 0.3) is 5.91 Å². The number of carbonyl (C=O) groups is 1. The number of nitrogens with two attached hydrogens (primary N) is 1. The number of anilines is 2. The van der Waals surface area contributed by atoms with Crippen LogP contribution in [0.4, 0.5) is 10.9 Å². The minimum Gasteiger partial charge on any atom is -0.382 e. The molecule has 0 fully saturated rings. The Morgan fingerprint density at radius 3 is 3.00 bits per heavy atom. The van der Waals surface area contributed by atoms with Gasteiger partial charge in [0, 0.05) is 18.9 Å². The molecule has 0 spiro atoms. The lowest BCUT2D eigenvalue weighted by molar-refractivity contribution is 0.0944. The van der Waals surface area contributed by atoms with Gasteiger partial charge in [-0.15, -0.1) is 0 Å². The molecule has 1 atom stereocenters. The van der Waals surface area contributed by atoms with Crippen LogP contribution in [0, 0.1) is 0 Å². The van der Waals surface area contributed by atoms with Gasteiger partial charge in [-0.2, -0.15) is 0 Å². The number of rotatable bonds is 5. The van der Waals surface area contributed by atoms with Crippen molar-refractivity contribution in [2.45, 2.75) is 19.9 Å². The first-order valence-electron chi connectivity index (χ1n) is 6.32. The molecule has 0 saturated carbocycles. The highest BCUT2D eigenvalue weighted by Crippen LogP contribution is 2.25. The van der Waals surface area contributed by atoms with Gasteiger partial charge in [-0.05, 0) is 25.5 Å². The fourth-order valence-corrected chi connectivity index (χ4v) is 2.55. The van der Waals surface area contributed by atoms with E-state index in [2.05, 4.69) is 20.6 Å². The third-order valence-corrected chi connectivity index (χ3v) is 3.75. The maximum absolute atomic E-state index is 12.2. The molecule has 0 aliphatic rings. The molecule has 20 heavy (non-hydrogen) atoms. The van der Waals surface area contributed by atoms with Crippen LogP contribution in [0.2, 0.25) is 0 Å². The molecule has 1 unspecified atom stereocenters. The molecule has 0 saturated heterocycles. The fraction of sp³-hybridized carbons (Fsp3) is 0.308. The number of nitrogens with one attached hydrogen (secondary N) is 2. The third kappa shape index (κ3) is 3.24. The van der Waals surface area contributed by atoms with Gasteiger partial charge in [0.15, 0.2) is 5.13 Å². The van der Waals surface area contributed by atoms with Crippen molar-refractivity contribution in [1.29, 1.82) is 0 Å². The van der Waals surface area contributed by atoms with E-state index in [1.807, 2.05) is 26.0 Å². The Morgan fingerprint density at radius 1 is 1.55 bits per heavy atom. The lowest BCUT2D eigenvalue weighted by Crippen LogP contribution is -2.26. The van der Waals surface area contributed by atoms with Crippen molar-refractivity contribution >= 4 is 28.2 Å². The fourth-order valence-electron chi connectivity index (χ4n) is 1.70. The number of aromatic nitrogens is 2. The van der Waals surface area contributed by atoms with Crippen LogP contribution < -0.4 is 16.4 Å². The van der Waals surface area contributed by atoms with Crippen molar-refractivity contribution in [2.75, 3.05) is 17.6 Å². The zero-order chi connectivity index (χ0) is 14.5. The van der Waals surface area contributed by atoms with E-state index in [9.17, 15) is 4.79 Å². The molecule has 7 heteroatoms. The molecule has 1 amide bonds. The van der Waals surface area contributed by atoms with Crippen LogP contribution in [0.1, 0.15) is 35.1 Å². The van der Waals surface area contributed by atoms with Crippen LogP contribution in [0.15, 0.2) is 24.5 Å². The Bertz CT molecular complexity index is 584. The van der Waals surface area contributed by atoms with E-state index in [0.717, 1.165) is 12.1 Å². The summed E-state index contributed by atoms with van der Waals surface area (Å²) in [5.74, 6) is 0.0299. The molecule has 0 aromatic carbocycles. The molecule has 2 aromatic heterocycles. The number of hydrogen-bond acceptors (Lipinski definition) is 6. The summed E-state index contributed by atoms with van der Waals surface area (Å²) in [4.78, 5) is 20.8. The topological polar surface area (TPSA) is 92.9 Å². The predicted octanol–water partition coefficient (Wildman–Crippen LogP) is 2.04. The lowest BCUT2D eigenvalue weighted by Gasteiger charge is -2.12. The van der Waals surface area contributed by atoms with E-state index < -0.39 is 0 Å². The Morgan fingerprint density at radius 2 is 2.35 bits per heavy atom. The van der Waals surface area contributed by atoms with Crippen LogP contribution in [0.5, 0.6) is 0 Å². The highest BCUT2D eigenvalue weighted by Gasteiger charge is 2.18. The monoisotopic (exact) mass is 291 g/mol. The van der Waals surface area contributed by atoms with Crippen LogP contribution in [-0.2, 0) is 0 Å². The largest absolute Gasteiger partial charge is 0.382 e. The molecule has 0 radical (unpaired) electrons. The molecule has 106 valence electrons. The van der Waals surface area contributed by atoms with Gasteiger partial charge < -0.3 is 16.4 Å². The zero-order valence-electron chi connectivity index (χ0n) is 11.4. The first-order chi connectivity index (χ1) is 9.61. The Labute approximate surface area is 121 Å². The van der Waals surface area contributed by atoms with E-state index in [4.69, 9.17) is 5.73 Å². The van der Waals surface area contributed by atoms with Crippen molar-refractivity contribution in [3.63, 3.8) is 0 Å². The van der Waals surface area contributed by atoms with Gasteiger partial charge in [0.05, 0.1) is 6.04 Å². The second-order valence-electron chi connectivity index (χ2n) is 4.25. The average molecular weight is 291 g/mol. The SMILES string of the molecule is CCNc1nc(N)c(C(=O)NC(C)c2cccnc2)s1. The summed E-state index contributed by atoms with van der Waals surface area (Å²) >= 11 is 1.25. The summed E-state index contributed by atoms with van der Waals surface area (Å²) in [5, 5.41) is 6.60. The highest BCUT2D eigenvalue weighted by atomic mass is 32.1. The van der Waals surface area contributed by atoms with Crippen molar-refractivity contribution in [3.8, 4) is 0 Å². The number of nitrogen functional groups attached to an aromatic ring is 1. The van der Waals surface area contributed by atoms with Crippen molar-refractivity contribution in [1.82, 2.24) is 15.3 Å². The predicted molar refractivity (Wildman–Crippen MR) is 80.8 cm³/mol. The molecule has 6 nitrogen and oxygen atoms in total. The van der Waals surface area contributed by atoms with E-state index in [1.165, 1.54) is 11.3 Å². The molecule has 2 aromatic rings. The van der Waals surface area contributed by atoms with Crippen molar-refractivity contribution < 1.29 is 4.79 Å². The quantitative estimate of drug-likeness (QED) is 0.784. The second kappa shape index (κ2) is 6.33. The van der Waals surface area contributed by atoms with Gasteiger partial charge in [-0.25, -0.2) is 4.98 Å². The van der Waals surface area contributed by atoms with Gasteiger partial charge >= 0.3 is 0 Å². The molecular weight excluding hydrogens is 274 g/mol. The van der Waals surface area contributed by atoms with E-state index in [0.29, 0.717) is 10.0 Å². The maximum atomic E-state index is 12.2. The second-order valence-corrected chi connectivity index (χ2v) is 5.24. The summed E-state index contributed by atoms with van der Waals surface area (Å²) in [6.45, 7) is 4.60. The van der Waals surface area contributed by atoms with Crippen LogP contribution >= 0.6 is 11.3 Å². The lowest BCUT2D eigenvalue weighted by atomic mass is 10.1. The summed E-state index contributed by atoms with van der Waals surface area (Å²) in [5.41, 5.74) is 6.71. The van der Waals surface area contributed by atoms with Crippen molar-refractivity contribution in [2.24, 2.45) is 0 Å². The van der Waals surface area contributed by atoms with E-state index in [-0.39, 0.29) is 17.8 Å². The van der Waals surface area contributed by atoms with Gasteiger partial charge in [0.2, 0.25) is 0 Å². The zero-order valence-corrected chi connectivity index (χ0v) is 12.2. The minimum absolute atomic E-state index is 0.139. The average Bonchev–Trinajstić information content (AvgIpc) is 2.81. The van der Waals surface area contributed by atoms with E-state index >= 15 is 0 Å². The molecule has 0 bridgehead atoms. The summed E-state index contributed by atoms with van der Waals surface area (Å²) in [7, 11) is 0. The maximum Gasteiger partial charge on any atom is 0.265 e. The highest BCUT2D eigenvalue weighted by molar-refractivity contribution is 7.18. The number of carbonyl (C=O) groups excluding carboxylic acids is 1.